The quantitative estimate of drug-likeness (QED) is 0.0539. The molecule has 0 aromatic heterocycles. The summed E-state index contributed by atoms with van der Waals surface area (Å²) in [5, 5.41) is 23.3. The third-order valence-corrected chi connectivity index (χ3v) is 15.2. The number of phenolic OH excluding ortho intramolecular Hbond substituents is 2. The van der Waals surface area contributed by atoms with Gasteiger partial charge >= 0.3 is 25.3 Å². The van der Waals surface area contributed by atoms with E-state index in [2.05, 4.69) is 88.4 Å². The van der Waals surface area contributed by atoms with E-state index in [1.54, 1.807) is 0 Å². The van der Waals surface area contributed by atoms with Gasteiger partial charge in [-0.2, -0.15) is 0 Å². The Bertz CT molecular complexity index is 2060. The molecule has 0 amide bonds. The van der Waals surface area contributed by atoms with Crippen molar-refractivity contribution in [2.45, 2.75) is 205 Å². The first-order chi connectivity index (χ1) is 31.8. The Balaban J connectivity index is 0.00000227. The van der Waals surface area contributed by atoms with Crippen molar-refractivity contribution < 1.29 is 35.5 Å². The summed E-state index contributed by atoms with van der Waals surface area (Å²) in [6.45, 7) is 9.18. The predicted molar refractivity (Wildman–Crippen MR) is 266 cm³/mol. The summed E-state index contributed by atoms with van der Waals surface area (Å²) in [5.41, 5.74) is 12.2. The molecule has 4 aromatic carbocycles. The summed E-state index contributed by atoms with van der Waals surface area (Å²) in [6, 6.07) is 26.7. The molecule has 4 aromatic rings. The number of fused-ring (bicyclic) bond motifs is 6. The van der Waals surface area contributed by atoms with Crippen LogP contribution in [0.5, 0.6) is 11.5 Å². The zero-order valence-corrected chi connectivity index (χ0v) is 43.2. The van der Waals surface area contributed by atoms with E-state index in [1.807, 2.05) is 24.6 Å². The van der Waals surface area contributed by atoms with Crippen molar-refractivity contribution in [2.24, 2.45) is 9.98 Å². The summed E-state index contributed by atoms with van der Waals surface area (Å²) in [5.74, 6) is 0.616. The molecular weight excluding hydrogens is 972 g/mol. The molecule has 6 nitrogen and oxygen atoms in total. The number of benzene rings is 4. The van der Waals surface area contributed by atoms with E-state index >= 15 is 0 Å². The van der Waals surface area contributed by atoms with E-state index in [1.165, 1.54) is 147 Å². The van der Waals surface area contributed by atoms with Gasteiger partial charge in [-0.25, -0.2) is 0 Å². The Hall–Kier alpha value is -3.89. The fourth-order valence-corrected chi connectivity index (χ4v) is 11.7. The van der Waals surface area contributed by atoms with Crippen LogP contribution >= 0.6 is 0 Å². The predicted octanol–water partition coefficient (Wildman–Crippen LogP) is 16.1. The van der Waals surface area contributed by atoms with E-state index in [0.717, 1.165) is 62.5 Å². The zero-order valence-electron chi connectivity index (χ0n) is 40.2. The average Bonchev–Trinajstić information content (AvgIpc) is 3.73. The van der Waals surface area contributed by atoms with Gasteiger partial charge in [-0.3, -0.25) is 9.98 Å². The van der Waals surface area contributed by atoms with Crippen molar-refractivity contribution in [1.82, 2.24) is 0 Å². The fourth-order valence-electron chi connectivity index (χ4n) is 11.7. The number of aliphatic imine (C=N–C) groups is 2. The molecular formula is C58H78N2O4W. The second-order valence-corrected chi connectivity index (χ2v) is 19.9. The molecule has 7 heteroatoms. The Morgan fingerprint density at radius 1 is 0.492 bits per heavy atom. The number of aromatic hydroxyl groups is 2. The van der Waals surface area contributed by atoms with Gasteiger partial charge in [0.25, 0.3) is 0 Å². The van der Waals surface area contributed by atoms with Crippen LogP contribution in [0.25, 0.3) is 22.3 Å². The van der Waals surface area contributed by atoms with Gasteiger partial charge in [-0.05, 0) is 107 Å². The minimum absolute atomic E-state index is 0.0229. The molecule has 2 unspecified atom stereocenters. The summed E-state index contributed by atoms with van der Waals surface area (Å²) < 4.78 is 17.1. The van der Waals surface area contributed by atoms with Crippen molar-refractivity contribution in [3.63, 3.8) is 0 Å². The van der Waals surface area contributed by atoms with Crippen LogP contribution in [-0.4, -0.2) is 34.7 Å². The first-order valence-electron chi connectivity index (χ1n) is 25.7. The van der Waals surface area contributed by atoms with Crippen LogP contribution in [0, 0.1) is 0 Å². The second kappa shape index (κ2) is 25.3. The molecule has 0 spiro atoms. The van der Waals surface area contributed by atoms with Crippen molar-refractivity contribution in [3.8, 4) is 33.8 Å². The summed E-state index contributed by atoms with van der Waals surface area (Å²) in [7, 11) is 0. The van der Waals surface area contributed by atoms with Crippen molar-refractivity contribution in [2.75, 3.05) is 0 Å². The van der Waals surface area contributed by atoms with Crippen LogP contribution in [0.4, 0.5) is 0 Å². The molecule has 0 aliphatic heterocycles. The van der Waals surface area contributed by atoms with E-state index < -0.39 is 18.5 Å². The van der Waals surface area contributed by atoms with Crippen LogP contribution < -0.4 is 0 Å². The normalized spacial score (nSPS) is 17.7. The van der Waals surface area contributed by atoms with Gasteiger partial charge in [-0.1, -0.05) is 192 Å². The molecule has 65 heavy (non-hydrogen) atoms. The molecule has 0 heterocycles. The number of hydrogen-bond acceptors (Lipinski definition) is 6. The second-order valence-electron chi connectivity index (χ2n) is 19.5. The summed E-state index contributed by atoms with van der Waals surface area (Å²) >= 11 is -2.25. The molecule has 3 aliphatic carbocycles. The van der Waals surface area contributed by atoms with E-state index in [9.17, 15) is 10.2 Å². The molecule has 0 radical (unpaired) electrons. The van der Waals surface area contributed by atoms with Crippen molar-refractivity contribution in [3.05, 3.63) is 106 Å². The number of rotatable bonds is 24. The SMILES string of the molecule is CCCCCCC1(CCCCCC)c2ccccc2-c2cc(O)c(C=NC3CCCCC3N=Cc3cc4c(cc3O)-c3ccccc3C4(CCCCCC)CCCCCC)cc21.[O]=[W]=[O]. The fraction of sp³-hybridized carbons (Fsp3) is 0.552. The first kappa shape index (κ1) is 50.5. The average molecular weight is 1050 g/mol. The van der Waals surface area contributed by atoms with Crippen LogP contribution in [-0.2, 0) is 36.1 Å². The molecule has 1 fully saturated rings. The van der Waals surface area contributed by atoms with Crippen molar-refractivity contribution in [1.29, 1.82) is 0 Å². The zero-order chi connectivity index (χ0) is 46.1. The Morgan fingerprint density at radius 2 is 0.831 bits per heavy atom. The molecule has 2 atom stereocenters. The standard InChI is InChI=1S/C58H78N2O2.2O.W/c1-5-9-13-23-33-57(34-24-14-10-6-2)49-29-19-17-27-45(49)47-39-55(61)43(37-51(47)57)41-59-53-31-21-22-32-54(53)60-42-44-38-52-48(40-56(44)62)46-28-18-20-30-50(46)58(52,35-25-15-11-7-3)36-26-16-12-8-4;;;/h17-20,27-30,37-42,53-54,61-62H,5-16,21-26,31-36H2,1-4H3;;;. The van der Waals surface area contributed by atoms with Crippen LogP contribution in [0.1, 0.15) is 215 Å². The van der Waals surface area contributed by atoms with Gasteiger partial charge in [-0.15, -0.1) is 0 Å². The maximum absolute atomic E-state index is 11.6. The molecule has 350 valence electrons. The van der Waals surface area contributed by atoms with E-state index in [4.69, 9.17) is 16.8 Å². The van der Waals surface area contributed by atoms with Gasteiger partial charge in [0.1, 0.15) is 11.5 Å². The van der Waals surface area contributed by atoms with Gasteiger partial charge in [0.15, 0.2) is 0 Å². The Kier molecular flexibility index (Phi) is 19.7. The summed E-state index contributed by atoms with van der Waals surface area (Å²) in [6.07, 6.45) is 32.6. The molecule has 1 saturated carbocycles. The topological polar surface area (TPSA) is 99.3 Å². The monoisotopic (exact) mass is 1050 g/mol. The van der Waals surface area contributed by atoms with Crippen LogP contribution in [0.15, 0.2) is 82.8 Å². The van der Waals surface area contributed by atoms with Gasteiger partial charge in [0.2, 0.25) is 0 Å². The van der Waals surface area contributed by atoms with Crippen molar-refractivity contribution >= 4 is 12.4 Å². The molecule has 7 rings (SSSR count). The number of phenols is 2. The number of unbranched alkanes of at least 4 members (excludes halogenated alkanes) is 12. The molecule has 0 bridgehead atoms. The maximum atomic E-state index is 11.6. The van der Waals surface area contributed by atoms with Gasteiger partial charge in [0, 0.05) is 34.4 Å². The van der Waals surface area contributed by atoms with E-state index in [0.29, 0.717) is 11.5 Å². The van der Waals surface area contributed by atoms with Crippen LogP contribution in [0.2, 0.25) is 0 Å². The van der Waals surface area contributed by atoms with Gasteiger partial charge in [0.05, 0.1) is 12.1 Å². The Labute approximate surface area is 400 Å². The number of hydrogen-bond donors (Lipinski definition) is 2. The summed E-state index contributed by atoms with van der Waals surface area (Å²) in [4.78, 5) is 10.5. The molecule has 2 N–H and O–H groups in total. The minimum atomic E-state index is -2.25. The van der Waals surface area contributed by atoms with E-state index in [-0.39, 0.29) is 22.9 Å². The number of nitrogens with zero attached hydrogens (tertiary/aromatic N) is 2. The molecule has 0 saturated heterocycles. The molecule has 3 aliphatic rings. The first-order valence-corrected chi connectivity index (χ1v) is 28.1. The van der Waals surface area contributed by atoms with Gasteiger partial charge < -0.3 is 10.2 Å². The third kappa shape index (κ3) is 11.8. The van der Waals surface area contributed by atoms with Crippen LogP contribution in [0.3, 0.4) is 0 Å². The Morgan fingerprint density at radius 3 is 1.17 bits per heavy atom. The third-order valence-electron chi connectivity index (χ3n) is 15.2.